The van der Waals surface area contributed by atoms with Gasteiger partial charge in [0, 0.05) is 10.9 Å². The number of aliphatic hydroxyl groups excluding tert-OH is 1. The van der Waals surface area contributed by atoms with E-state index < -0.39 is 11.9 Å². The molecule has 0 amide bonds. The predicted octanol–water partition coefficient (Wildman–Crippen LogP) is 2.17. The molecular weight excluding hydrogens is 277 g/mol. The predicted molar refractivity (Wildman–Crippen MR) is 62.2 cm³/mol. The first kappa shape index (κ1) is 11.2. The molecule has 0 aliphatic heterocycles. The number of hydrogen-bond acceptors (Lipinski definition) is 4. The number of anilines is 1. The Balaban J connectivity index is 2.89. The molecule has 6 heteroatoms. The molecule has 4 nitrogen and oxygen atoms in total. The molecule has 2 aromatic rings. The quantitative estimate of drug-likeness (QED) is 0.842. The van der Waals surface area contributed by atoms with E-state index in [1.54, 1.807) is 19.1 Å². The van der Waals surface area contributed by atoms with Crippen LogP contribution in [-0.2, 0) is 0 Å². The summed E-state index contributed by atoms with van der Waals surface area (Å²) in [5.74, 6) is -0.392. The first-order chi connectivity index (χ1) is 7.52. The second kappa shape index (κ2) is 3.95. The van der Waals surface area contributed by atoms with Gasteiger partial charge in [0.15, 0.2) is 11.6 Å². The number of nitrogens with two attached hydrogens (primary N) is 1. The molecule has 0 aliphatic rings. The number of nitrogen functional groups attached to an aromatic ring is 1. The van der Waals surface area contributed by atoms with Gasteiger partial charge in [-0.1, -0.05) is 6.07 Å². The van der Waals surface area contributed by atoms with Crippen molar-refractivity contribution in [3.8, 4) is 0 Å². The van der Waals surface area contributed by atoms with Crippen LogP contribution in [0.2, 0.25) is 0 Å². The lowest BCUT2D eigenvalue weighted by Gasteiger charge is -2.11. The average Bonchev–Trinajstić information content (AvgIpc) is 2.22. The molecule has 16 heavy (non-hydrogen) atoms. The van der Waals surface area contributed by atoms with Gasteiger partial charge in [-0.15, -0.1) is 10.2 Å². The van der Waals surface area contributed by atoms with Crippen molar-refractivity contribution in [1.29, 1.82) is 0 Å². The second-order valence-electron chi connectivity index (χ2n) is 3.43. The molecule has 0 radical (unpaired) electrons. The summed E-state index contributed by atoms with van der Waals surface area (Å²) in [5.41, 5.74) is 6.10. The Labute approximate surface area is 99.4 Å². The summed E-state index contributed by atoms with van der Waals surface area (Å²) >= 11 is 3.06. The minimum absolute atomic E-state index is 0.0967. The molecule has 0 saturated carbocycles. The van der Waals surface area contributed by atoms with E-state index in [1.807, 2.05) is 0 Å². The molecule has 1 aromatic heterocycles. The van der Waals surface area contributed by atoms with Crippen molar-refractivity contribution in [3.63, 3.8) is 0 Å². The van der Waals surface area contributed by atoms with Gasteiger partial charge in [0.25, 0.3) is 0 Å². The standard InChI is InChI=1S/C10H9BrFN3O/c1-4(16)7-5-2-3-6(11)8(12)9(5)14-15-10(7)13/h2-4,16H,1H3,(H2,13,15). The zero-order valence-corrected chi connectivity index (χ0v) is 9.99. The molecule has 0 saturated heterocycles. The van der Waals surface area contributed by atoms with Crippen LogP contribution < -0.4 is 5.73 Å². The molecule has 84 valence electrons. The van der Waals surface area contributed by atoms with Gasteiger partial charge in [-0.2, -0.15) is 0 Å². The van der Waals surface area contributed by atoms with Crippen molar-refractivity contribution in [2.45, 2.75) is 13.0 Å². The monoisotopic (exact) mass is 285 g/mol. The highest BCUT2D eigenvalue weighted by atomic mass is 79.9. The lowest BCUT2D eigenvalue weighted by Crippen LogP contribution is -2.05. The Morgan fingerprint density at radius 3 is 2.75 bits per heavy atom. The Kier molecular flexibility index (Phi) is 2.77. The zero-order valence-electron chi connectivity index (χ0n) is 8.41. The van der Waals surface area contributed by atoms with Crippen molar-refractivity contribution in [3.05, 3.63) is 28.0 Å². The summed E-state index contributed by atoms with van der Waals surface area (Å²) in [5, 5.41) is 17.4. The zero-order chi connectivity index (χ0) is 11.9. The Morgan fingerprint density at radius 1 is 1.44 bits per heavy atom. The first-order valence-electron chi connectivity index (χ1n) is 4.60. The van der Waals surface area contributed by atoms with E-state index >= 15 is 0 Å². The van der Waals surface area contributed by atoms with E-state index in [4.69, 9.17) is 5.73 Å². The maximum absolute atomic E-state index is 13.7. The second-order valence-corrected chi connectivity index (χ2v) is 4.29. The van der Waals surface area contributed by atoms with Gasteiger partial charge in [0.1, 0.15) is 5.52 Å². The molecule has 1 atom stereocenters. The van der Waals surface area contributed by atoms with E-state index in [1.165, 1.54) is 0 Å². The highest BCUT2D eigenvalue weighted by molar-refractivity contribution is 9.10. The Bertz CT molecular complexity index is 559. The van der Waals surface area contributed by atoms with Gasteiger partial charge >= 0.3 is 0 Å². The smallest absolute Gasteiger partial charge is 0.165 e. The maximum atomic E-state index is 13.7. The van der Waals surface area contributed by atoms with Crippen LogP contribution in [0.15, 0.2) is 16.6 Å². The largest absolute Gasteiger partial charge is 0.389 e. The Morgan fingerprint density at radius 2 is 2.12 bits per heavy atom. The summed E-state index contributed by atoms with van der Waals surface area (Å²) in [6, 6.07) is 3.19. The summed E-state index contributed by atoms with van der Waals surface area (Å²) in [6.45, 7) is 1.55. The van der Waals surface area contributed by atoms with E-state index in [0.29, 0.717) is 15.4 Å². The third-order valence-electron chi connectivity index (χ3n) is 2.31. The normalized spacial score (nSPS) is 13.0. The molecule has 0 fully saturated rings. The highest BCUT2D eigenvalue weighted by Gasteiger charge is 2.16. The lowest BCUT2D eigenvalue weighted by molar-refractivity contribution is 0.201. The number of hydrogen-bond donors (Lipinski definition) is 2. The fraction of sp³-hybridized carbons (Fsp3) is 0.200. The molecule has 1 unspecified atom stereocenters. The van der Waals surface area contributed by atoms with Crippen LogP contribution in [0.5, 0.6) is 0 Å². The van der Waals surface area contributed by atoms with Crippen LogP contribution >= 0.6 is 15.9 Å². The van der Waals surface area contributed by atoms with Gasteiger partial charge in [-0.3, -0.25) is 0 Å². The van der Waals surface area contributed by atoms with Crippen LogP contribution in [0.4, 0.5) is 10.2 Å². The summed E-state index contributed by atoms with van der Waals surface area (Å²) in [4.78, 5) is 0. The summed E-state index contributed by atoms with van der Waals surface area (Å²) in [6.07, 6.45) is -0.821. The number of fused-ring (bicyclic) bond motifs is 1. The van der Waals surface area contributed by atoms with Gasteiger partial charge in [-0.25, -0.2) is 4.39 Å². The number of rotatable bonds is 1. The van der Waals surface area contributed by atoms with Crippen LogP contribution in [0, 0.1) is 5.82 Å². The van der Waals surface area contributed by atoms with Crippen molar-refractivity contribution < 1.29 is 9.50 Å². The van der Waals surface area contributed by atoms with Gasteiger partial charge < -0.3 is 10.8 Å². The molecule has 0 spiro atoms. The van der Waals surface area contributed by atoms with Crippen molar-refractivity contribution >= 4 is 32.7 Å². The van der Waals surface area contributed by atoms with E-state index in [0.717, 1.165) is 0 Å². The topological polar surface area (TPSA) is 72.0 Å². The number of nitrogens with zero attached hydrogens (tertiary/aromatic N) is 2. The summed E-state index contributed by atoms with van der Waals surface area (Å²) < 4.78 is 14.0. The van der Waals surface area contributed by atoms with Gasteiger partial charge in [0.2, 0.25) is 0 Å². The van der Waals surface area contributed by atoms with Gasteiger partial charge in [0.05, 0.1) is 10.6 Å². The fourth-order valence-electron chi connectivity index (χ4n) is 1.59. The minimum Gasteiger partial charge on any atom is -0.389 e. The minimum atomic E-state index is -0.821. The third-order valence-corrected chi connectivity index (χ3v) is 2.92. The van der Waals surface area contributed by atoms with Crippen LogP contribution in [0.3, 0.4) is 0 Å². The first-order valence-corrected chi connectivity index (χ1v) is 5.39. The molecular formula is C10H9BrFN3O. The molecule has 0 bridgehead atoms. The summed E-state index contributed by atoms with van der Waals surface area (Å²) in [7, 11) is 0. The van der Waals surface area contributed by atoms with E-state index in [9.17, 15) is 9.50 Å². The molecule has 0 aliphatic carbocycles. The molecule has 2 rings (SSSR count). The maximum Gasteiger partial charge on any atom is 0.165 e. The van der Waals surface area contributed by atoms with Crippen LogP contribution in [0.1, 0.15) is 18.6 Å². The third kappa shape index (κ3) is 1.64. The van der Waals surface area contributed by atoms with Gasteiger partial charge in [-0.05, 0) is 28.9 Å². The van der Waals surface area contributed by atoms with E-state index in [-0.39, 0.29) is 11.3 Å². The number of aromatic nitrogens is 2. The van der Waals surface area contributed by atoms with Crippen LogP contribution in [0.25, 0.3) is 10.9 Å². The highest BCUT2D eigenvalue weighted by Crippen LogP contribution is 2.30. The average molecular weight is 286 g/mol. The van der Waals surface area contributed by atoms with Crippen molar-refractivity contribution in [2.75, 3.05) is 5.73 Å². The fourth-order valence-corrected chi connectivity index (χ4v) is 1.91. The van der Waals surface area contributed by atoms with Crippen molar-refractivity contribution in [2.24, 2.45) is 0 Å². The Hall–Kier alpha value is -1.27. The molecule has 3 N–H and O–H groups in total. The molecule has 1 heterocycles. The molecule has 1 aromatic carbocycles. The SMILES string of the molecule is CC(O)c1c(N)nnc2c(F)c(Br)ccc12. The number of benzene rings is 1. The van der Waals surface area contributed by atoms with E-state index in [2.05, 4.69) is 26.1 Å². The number of halogens is 2. The number of aliphatic hydroxyl groups is 1. The van der Waals surface area contributed by atoms with Crippen LogP contribution in [-0.4, -0.2) is 15.3 Å². The van der Waals surface area contributed by atoms with Crippen molar-refractivity contribution in [1.82, 2.24) is 10.2 Å². The lowest BCUT2D eigenvalue weighted by atomic mass is 10.1.